The van der Waals surface area contributed by atoms with Crippen LogP contribution in [0.2, 0.25) is 18.1 Å². The Morgan fingerprint density at radius 3 is 2.45 bits per heavy atom. The van der Waals surface area contributed by atoms with Crippen molar-refractivity contribution in [1.29, 1.82) is 0 Å². The first-order valence-electron chi connectivity index (χ1n) is 14.8. The Hall–Kier alpha value is -2.96. The molecule has 5 rings (SSSR count). The van der Waals surface area contributed by atoms with Gasteiger partial charge in [0.1, 0.15) is 19.3 Å². The summed E-state index contributed by atoms with van der Waals surface area (Å²) in [7, 11) is -2.31. The van der Waals surface area contributed by atoms with E-state index >= 15 is 0 Å². The molecule has 230 valence electrons. The Kier molecular flexibility index (Phi) is 7.95. The first kappa shape index (κ1) is 30.5. The van der Waals surface area contributed by atoms with E-state index in [1.165, 1.54) is 0 Å². The summed E-state index contributed by atoms with van der Waals surface area (Å²) in [6.07, 6.45) is 1.50. The minimum absolute atomic E-state index is 0.00301. The number of nitrogens with one attached hydrogen (secondary N) is 1. The molecule has 3 aliphatic rings. The van der Waals surface area contributed by atoms with Crippen molar-refractivity contribution in [2.24, 2.45) is 5.41 Å². The number of amides is 3. The van der Waals surface area contributed by atoms with E-state index in [1.807, 2.05) is 51.1 Å². The summed E-state index contributed by atoms with van der Waals surface area (Å²) in [6.45, 7) is 17.1. The number of nitrogens with zero attached hydrogens (tertiary/aromatic N) is 4. The molecular weight excluding hydrogens is 554 g/mol. The minimum Gasteiger partial charge on any atom is -0.446 e. The number of rotatable bonds is 9. The molecule has 1 spiro atoms. The van der Waals surface area contributed by atoms with E-state index in [2.05, 4.69) is 49.4 Å². The number of piperidine rings is 1. The molecule has 1 saturated carbocycles. The number of hydroxylamine groups is 2. The van der Waals surface area contributed by atoms with Gasteiger partial charge < -0.3 is 23.8 Å². The molecule has 2 aliphatic heterocycles. The summed E-state index contributed by atoms with van der Waals surface area (Å²) in [6, 6.07) is 9.31. The van der Waals surface area contributed by atoms with Crippen LogP contribution in [0.5, 0.6) is 0 Å². The van der Waals surface area contributed by atoms with Crippen LogP contribution in [-0.2, 0) is 20.6 Å². The summed E-state index contributed by atoms with van der Waals surface area (Å²) < 4.78 is 18.5. The second kappa shape index (κ2) is 10.9. The Morgan fingerprint density at radius 1 is 1.14 bits per heavy atom. The van der Waals surface area contributed by atoms with Crippen molar-refractivity contribution in [3.63, 3.8) is 0 Å². The van der Waals surface area contributed by atoms with Gasteiger partial charge in [-0.3, -0.25) is 4.84 Å². The molecule has 3 atom stereocenters. The molecule has 1 N–H and O–H groups in total. The van der Waals surface area contributed by atoms with Gasteiger partial charge in [-0.25, -0.2) is 9.59 Å². The molecule has 0 radical (unpaired) electrons. The van der Waals surface area contributed by atoms with Crippen molar-refractivity contribution in [3.8, 4) is 0 Å². The van der Waals surface area contributed by atoms with Gasteiger partial charge >= 0.3 is 12.1 Å². The van der Waals surface area contributed by atoms with Crippen LogP contribution in [0.3, 0.4) is 0 Å². The van der Waals surface area contributed by atoms with Gasteiger partial charge in [-0.1, -0.05) is 51.1 Å². The van der Waals surface area contributed by atoms with Crippen LogP contribution >= 0.6 is 0 Å². The standard InChI is InChI=1S/C30H45N5O6Si/c1-28(2,3)31-26(36)38-19-22(41-42(7,8)29(4,5)6)25-33-32-24(40-25)21-16-30(14-15-30)23-17-34(21)27(37)35(23)39-18-20-12-10-9-11-13-20/h9-13,21-23H,14-19H2,1-8H3,(H,31,36)/t21-,22-,23-/m0/s1. The molecule has 11 nitrogen and oxygen atoms in total. The number of carbonyl (C=O) groups is 2. The topological polar surface area (TPSA) is 119 Å². The molecule has 1 aromatic carbocycles. The fourth-order valence-corrected chi connectivity index (χ4v) is 6.64. The highest BCUT2D eigenvalue weighted by atomic mass is 28.4. The highest BCUT2D eigenvalue weighted by Crippen LogP contribution is 2.61. The normalized spacial score (nSPS) is 22.4. The number of ether oxygens (including phenoxy) is 1. The van der Waals surface area contributed by atoms with E-state index < -0.39 is 26.1 Å². The van der Waals surface area contributed by atoms with E-state index in [0.717, 1.165) is 24.8 Å². The van der Waals surface area contributed by atoms with Gasteiger partial charge in [-0.05, 0) is 69.1 Å². The third-order valence-corrected chi connectivity index (χ3v) is 13.5. The van der Waals surface area contributed by atoms with Crippen molar-refractivity contribution in [2.75, 3.05) is 13.2 Å². The lowest BCUT2D eigenvalue weighted by molar-refractivity contribution is -0.153. The molecule has 3 fully saturated rings. The van der Waals surface area contributed by atoms with Crippen molar-refractivity contribution >= 4 is 20.4 Å². The number of fused-ring (bicyclic) bond motifs is 3. The second-order valence-electron chi connectivity index (χ2n) is 14.4. The molecule has 2 saturated heterocycles. The average molecular weight is 600 g/mol. The molecule has 1 aromatic heterocycles. The summed E-state index contributed by atoms with van der Waals surface area (Å²) >= 11 is 0. The molecule has 42 heavy (non-hydrogen) atoms. The molecule has 3 heterocycles. The molecule has 3 amide bonds. The summed E-state index contributed by atoms with van der Waals surface area (Å²) in [4.78, 5) is 34.0. The van der Waals surface area contributed by atoms with Crippen molar-refractivity contribution < 1.29 is 28.0 Å². The largest absolute Gasteiger partial charge is 0.446 e. The first-order chi connectivity index (χ1) is 19.6. The van der Waals surface area contributed by atoms with Crippen molar-refractivity contribution in [3.05, 3.63) is 47.7 Å². The smallest absolute Gasteiger partial charge is 0.407 e. The average Bonchev–Trinajstić information content (AvgIpc) is 3.36. The number of hydrogen-bond donors (Lipinski definition) is 1. The second-order valence-corrected chi connectivity index (χ2v) is 19.2. The number of aromatic nitrogens is 2. The maximum absolute atomic E-state index is 13.6. The van der Waals surface area contributed by atoms with Crippen LogP contribution in [0.15, 0.2) is 34.7 Å². The number of carbonyl (C=O) groups excluding carboxylic acids is 2. The summed E-state index contributed by atoms with van der Waals surface area (Å²) in [5, 5.41) is 13.1. The molecule has 2 bridgehead atoms. The zero-order chi connectivity index (χ0) is 30.5. The fourth-order valence-electron chi connectivity index (χ4n) is 5.41. The Balaban J connectivity index is 1.34. The molecule has 1 aliphatic carbocycles. The van der Waals surface area contributed by atoms with Gasteiger partial charge in [-0.2, -0.15) is 5.06 Å². The zero-order valence-electron chi connectivity index (χ0n) is 26.1. The van der Waals surface area contributed by atoms with Crippen LogP contribution in [0.25, 0.3) is 0 Å². The lowest BCUT2D eigenvalue weighted by Gasteiger charge is -2.38. The van der Waals surface area contributed by atoms with Gasteiger partial charge in [-0.15, -0.1) is 10.2 Å². The van der Waals surface area contributed by atoms with Gasteiger partial charge in [0, 0.05) is 12.1 Å². The van der Waals surface area contributed by atoms with Crippen LogP contribution in [0.4, 0.5) is 9.59 Å². The van der Waals surface area contributed by atoms with Crippen LogP contribution in [0.1, 0.15) is 90.3 Å². The van der Waals surface area contributed by atoms with E-state index in [1.54, 1.807) is 9.96 Å². The van der Waals surface area contributed by atoms with Gasteiger partial charge in [0.15, 0.2) is 14.4 Å². The molecule has 2 aromatic rings. The first-order valence-corrected chi connectivity index (χ1v) is 17.7. The van der Waals surface area contributed by atoms with E-state index in [0.29, 0.717) is 19.0 Å². The number of alkyl carbamates (subject to hydrolysis) is 1. The summed E-state index contributed by atoms with van der Waals surface area (Å²) in [5.41, 5.74) is 0.545. The van der Waals surface area contributed by atoms with Gasteiger partial charge in [0.2, 0.25) is 11.8 Å². The Labute approximate surface area is 249 Å². The number of benzene rings is 1. The Bertz CT molecular complexity index is 1280. The number of urea groups is 1. The molecule has 0 unspecified atom stereocenters. The third-order valence-electron chi connectivity index (χ3n) is 8.98. The highest BCUT2D eigenvalue weighted by molar-refractivity contribution is 6.74. The molecule has 12 heteroatoms. The van der Waals surface area contributed by atoms with E-state index in [-0.39, 0.29) is 41.1 Å². The van der Waals surface area contributed by atoms with E-state index in [4.69, 9.17) is 18.4 Å². The van der Waals surface area contributed by atoms with E-state index in [9.17, 15) is 9.59 Å². The lowest BCUT2D eigenvalue weighted by atomic mass is 9.85. The van der Waals surface area contributed by atoms with Gasteiger partial charge in [0.05, 0.1) is 6.04 Å². The monoisotopic (exact) mass is 599 g/mol. The SMILES string of the molecule is CC(C)(C)NC(=O)OC[C@H](O[Si](C)(C)C(C)(C)C)c1nnc([C@@H]2CC3(CC3)[C@@H]3CN2C(=O)N3OCc2ccccc2)o1. The van der Waals surface area contributed by atoms with Crippen molar-refractivity contribution in [2.45, 2.75) is 109 Å². The maximum Gasteiger partial charge on any atom is 0.407 e. The molecular formula is C30H45N5O6Si. The fraction of sp³-hybridized carbons (Fsp3) is 0.667. The third kappa shape index (κ3) is 6.35. The quantitative estimate of drug-likeness (QED) is 0.343. The maximum atomic E-state index is 13.6. The number of hydrogen-bond acceptors (Lipinski definition) is 8. The minimum atomic E-state index is -2.31. The summed E-state index contributed by atoms with van der Waals surface area (Å²) in [5.74, 6) is 0.616. The van der Waals surface area contributed by atoms with Crippen LogP contribution in [-0.4, -0.2) is 65.3 Å². The van der Waals surface area contributed by atoms with Gasteiger partial charge in [0.25, 0.3) is 0 Å². The predicted molar refractivity (Wildman–Crippen MR) is 158 cm³/mol. The van der Waals surface area contributed by atoms with Crippen molar-refractivity contribution in [1.82, 2.24) is 25.5 Å². The lowest BCUT2D eigenvalue weighted by Crippen LogP contribution is -2.44. The zero-order valence-corrected chi connectivity index (χ0v) is 27.1. The highest BCUT2D eigenvalue weighted by Gasteiger charge is 2.64. The van der Waals surface area contributed by atoms with Crippen LogP contribution < -0.4 is 5.32 Å². The predicted octanol–water partition coefficient (Wildman–Crippen LogP) is 6.12. The Morgan fingerprint density at radius 2 is 1.83 bits per heavy atom. The van der Waals surface area contributed by atoms with Crippen LogP contribution in [0, 0.1) is 5.41 Å².